The van der Waals surface area contributed by atoms with Gasteiger partial charge in [0.2, 0.25) is 0 Å². The van der Waals surface area contributed by atoms with Crippen molar-refractivity contribution in [3.63, 3.8) is 0 Å². The molecular formula is C26H31ClF2N4O4. The zero-order valence-electron chi connectivity index (χ0n) is 20.8. The van der Waals surface area contributed by atoms with E-state index in [4.69, 9.17) is 11.6 Å². The van der Waals surface area contributed by atoms with E-state index >= 15 is 0 Å². The first-order valence-electron chi connectivity index (χ1n) is 12.3. The average Bonchev–Trinajstić information content (AvgIpc) is 3.52. The predicted octanol–water partition coefficient (Wildman–Crippen LogP) is 5.11. The first-order chi connectivity index (χ1) is 17.6. The Labute approximate surface area is 219 Å². The molecule has 1 fully saturated rings. The average molecular weight is 537 g/mol. The summed E-state index contributed by atoms with van der Waals surface area (Å²) >= 11 is 5.97. The van der Waals surface area contributed by atoms with Crippen molar-refractivity contribution < 1.29 is 28.2 Å². The molecule has 1 aliphatic heterocycles. The molecule has 2 N–H and O–H groups in total. The van der Waals surface area contributed by atoms with Crippen molar-refractivity contribution >= 4 is 29.2 Å². The molecule has 0 atom stereocenters. The number of carboxylic acid groups (broad SMARTS) is 1. The van der Waals surface area contributed by atoms with Crippen LogP contribution in [-0.4, -0.2) is 57.9 Å². The number of piperidine rings is 1. The molecule has 2 aliphatic rings. The van der Waals surface area contributed by atoms with Gasteiger partial charge in [0.05, 0.1) is 11.1 Å². The highest BCUT2D eigenvalue weighted by Gasteiger charge is 2.48. The second-order valence-corrected chi connectivity index (χ2v) is 10.5. The zero-order chi connectivity index (χ0) is 26.8. The molecule has 8 nitrogen and oxygen atoms in total. The minimum absolute atomic E-state index is 0.0802. The molecule has 0 spiro atoms. The Balaban J connectivity index is 1.62. The van der Waals surface area contributed by atoms with E-state index in [1.807, 2.05) is 32.1 Å². The highest BCUT2D eigenvalue weighted by atomic mass is 35.5. The van der Waals surface area contributed by atoms with Crippen LogP contribution in [0.25, 0.3) is 0 Å². The van der Waals surface area contributed by atoms with Crippen LogP contribution in [0.1, 0.15) is 51.1 Å². The molecule has 1 saturated heterocycles. The highest BCUT2D eigenvalue weighted by Crippen LogP contribution is 2.39. The number of benzene rings is 1. The van der Waals surface area contributed by atoms with Crippen LogP contribution in [0.5, 0.6) is 5.75 Å². The summed E-state index contributed by atoms with van der Waals surface area (Å²) in [4.78, 5) is 28.1. The van der Waals surface area contributed by atoms with E-state index in [0.29, 0.717) is 45.3 Å². The standard InChI is InChI=1S/C26H31ClF2N4O4/c1-17(2)20-7-12-30-33(20)26(22(34)31-19-6-5-18(27)15-21(19)37-24(28)29)10-13-32(14-11-26)16-25(23(35)36)8-3-4-9-25/h3-7,12,15,17,24H,8-11,13-14,16H2,1-2H3,(H,31,34)(H,35,36). The number of ether oxygens (including phenoxy) is 1. The maximum Gasteiger partial charge on any atom is 0.387 e. The molecule has 1 amide bonds. The normalized spacial score (nSPS) is 18.9. The molecule has 0 bridgehead atoms. The van der Waals surface area contributed by atoms with Crippen molar-refractivity contribution in [3.8, 4) is 5.75 Å². The Morgan fingerprint density at radius 2 is 1.86 bits per heavy atom. The lowest BCUT2D eigenvalue weighted by atomic mass is 9.81. The van der Waals surface area contributed by atoms with Crippen molar-refractivity contribution in [2.75, 3.05) is 25.0 Å². The van der Waals surface area contributed by atoms with Crippen molar-refractivity contribution in [1.82, 2.24) is 14.7 Å². The third kappa shape index (κ3) is 5.50. The van der Waals surface area contributed by atoms with Gasteiger partial charge in [-0.1, -0.05) is 37.6 Å². The number of anilines is 1. The van der Waals surface area contributed by atoms with Gasteiger partial charge < -0.3 is 20.1 Å². The monoisotopic (exact) mass is 536 g/mol. The minimum Gasteiger partial charge on any atom is -0.481 e. The SMILES string of the molecule is CC(C)c1ccnn1C1(C(=O)Nc2ccc(Cl)cc2OC(F)F)CCN(CC2(C(=O)O)CC=CC2)CC1. The number of nitrogens with one attached hydrogen (secondary N) is 1. The summed E-state index contributed by atoms with van der Waals surface area (Å²) < 4.78 is 32.4. The van der Waals surface area contributed by atoms with Crippen LogP contribution < -0.4 is 10.1 Å². The summed E-state index contributed by atoms with van der Waals surface area (Å²) in [6, 6.07) is 6.01. The van der Waals surface area contributed by atoms with Gasteiger partial charge in [-0.3, -0.25) is 14.3 Å². The quantitative estimate of drug-likeness (QED) is 0.432. The summed E-state index contributed by atoms with van der Waals surface area (Å²) in [6.07, 6.45) is 7.13. The Kier molecular flexibility index (Phi) is 7.89. The minimum atomic E-state index is -3.09. The first-order valence-corrected chi connectivity index (χ1v) is 12.7. The largest absolute Gasteiger partial charge is 0.481 e. The molecule has 200 valence electrons. The number of halogens is 3. The number of alkyl halides is 2. The van der Waals surface area contributed by atoms with E-state index < -0.39 is 29.4 Å². The lowest BCUT2D eigenvalue weighted by Crippen LogP contribution is -2.56. The second-order valence-electron chi connectivity index (χ2n) is 10.1. The molecule has 11 heteroatoms. The third-order valence-corrected chi connectivity index (χ3v) is 7.58. The van der Waals surface area contributed by atoms with Crippen LogP contribution in [0, 0.1) is 5.41 Å². The van der Waals surface area contributed by atoms with Crippen LogP contribution in [0.3, 0.4) is 0 Å². The van der Waals surface area contributed by atoms with E-state index in [9.17, 15) is 23.5 Å². The highest BCUT2D eigenvalue weighted by molar-refractivity contribution is 6.30. The topological polar surface area (TPSA) is 96.7 Å². The smallest absolute Gasteiger partial charge is 0.387 e. The lowest BCUT2D eigenvalue weighted by Gasteiger charge is -2.43. The van der Waals surface area contributed by atoms with E-state index in [1.54, 1.807) is 10.9 Å². The second kappa shape index (κ2) is 10.8. The van der Waals surface area contributed by atoms with E-state index in [-0.39, 0.29) is 22.4 Å². The molecule has 1 aromatic carbocycles. The number of carbonyl (C=O) groups is 2. The molecule has 2 heterocycles. The van der Waals surface area contributed by atoms with Crippen molar-refractivity contribution in [1.29, 1.82) is 0 Å². The number of carbonyl (C=O) groups excluding carboxylic acids is 1. The summed E-state index contributed by atoms with van der Waals surface area (Å²) in [7, 11) is 0. The van der Waals surface area contributed by atoms with Crippen LogP contribution in [0.4, 0.5) is 14.5 Å². The molecule has 2 aromatic rings. The van der Waals surface area contributed by atoms with Crippen LogP contribution in [0.15, 0.2) is 42.6 Å². The number of hydrogen-bond donors (Lipinski definition) is 2. The van der Waals surface area contributed by atoms with Gasteiger partial charge in [0.1, 0.15) is 5.54 Å². The summed E-state index contributed by atoms with van der Waals surface area (Å²) in [5, 5.41) is 17.4. The molecule has 4 rings (SSSR count). The van der Waals surface area contributed by atoms with Crippen LogP contribution >= 0.6 is 11.6 Å². The van der Waals surface area contributed by atoms with E-state index in [1.165, 1.54) is 18.2 Å². The maximum atomic E-state index is 13.9. The fourth-order valence-corrected chi connectivity index (χ4v) is 5.42. The Bertz CT molecular complexity index is 1170. The van der Waals surface area contributed by atoms with Gasteiger partial charge in [-0.25, -0.2) is 0 Å². The van der Waals surface area contributed by atoms with Gasteiger partial charge in [0.25, 0.3) is 5.91 Å². The summed E-state index contributed by atoms with van der Waals surface area (Å²) in [5.41, 5.74) is -1.02. The van der Waals surface area contributed by atoms with Gasteiger partial charge in [0, 0.05) is 42.6 Å². The van der Waals surface area contributed by atoms with Crippen molar-refractivity contribution in [3.05, 3.63) is 53.3 Å². The number of likely N-dealkylation sites (tertiary alicyclic amines) is 1. The number of allylic oxidation sites excluding steroid dienone is 2. The van der Waals surface area contributed by atoms with Gasteiger partial charge in [0.15, 0.2) is 5.75 Å². The fraction of sp³-hybridized carbons (Fsp3) is 0.500. The molecule has 37 heavy (non-hydrogen) atoms. The maximum absolute atomic E-state index is 13.9. The number of carboxylic acids is 1. The Morgan fingerprint density at radius 3 is 2.46 bits per heavy atom. The number of aliphatic carboxylic acids is 1. The van der Waals surface area contributed by atoms with Crippen molar-refractivity contribution in [2.45, 2.75) is 57.6 Å². The van der Waals surface area contributed by atoms with Crippen molar-refractivity contribution in [2.24, 2.45) is 5.41 Å². The van der Waals surface area contributed by atoms with Crippen LogP contribution in [-0.2, 0) is 15.1 Å². The Hall–Kier alpha value is -2.98. The third-order valence-electron chi connectivity index (χ3n) is 7.35. The molecule has 0 unspecified atom stereocenters. The van der Waals surface area contributed by atoms with Crippen LogP contribution in [0.2, 0.25) is 5.02 Å². The fourth-order valence-electron chi connectivity index (χ4n) is 5.26. The Morgan fingerprint density at radius 1 is 1.19 bits per heavy atom. The predicted molar refractivity (Wildman–Crippen MR) is 135 cm³/mol. The van der Waals surface area contributed by atoms with Gasteiger partial charge >= 0.3 is 12.6 Å². The van der Waals surface area contributed by atoms with Gasteiger partial charge in [-0.2, -0.15) is 13.9 Å². The summed E-state index contributed by atoms with van der Waals surface area (Å²) in [6.45, 7) is 2.25. The van der Waals surface area contributed by atoms with Gasteiger partial charge in [-0.15, -0.1) is 0 Å². The number of hydrogen-bond acceptors (Lipinski definition) is 5. The molecule has 0 radical (unpaired) electrons. The summed E-state index contributed by atoms with van der Waals surface area (Å²) in [5.74, 6) is -1.38. The molecule has 0 saturated carbocycles. The number of amides is 1. The lowest BCUT2D eigenvalue weighted by molar-refractivity contribution is -0.150. The van der Waals surface area contributed by atoms with E-state index in [2.05, 4.69) is 20.1 Å². The van der Waals surface area contributed by atoms with Gasteiger partial charge in [-0.05, 0) is 49.8 Å². The number of nitrogens with zero attached hydrogens (tertiary/aromatic N) is 3. The molecular weight excluding hydrogens is 506 g/mol. The van der Waals surface area contributed by atoms with E-state index in [0.717, 1.165) is 5.69 Å². The molecule has 1 aromatic heterocycles. The number of rotatable bonds is 9. The molecule has 1 aliphatic carbocycles. The first kappa shape index (κ1) is 27.1. The number of aromatic nitrogens is 2. The zero-order valence-corrected chi connectivity index (χ0v) is 21.5.